The van der Waals surface area contributed by atoms with Gasteiger partial charge < -0.3 is 9.80 Å². The number of carbonyl (C=O) groups is 2. The molecule has 1 saturated carbocycles. The van der Waals surface area contributed by atoms with Gasteiger partial charge in [-0.15, -0.1) is 0 Å². The minimum absolute atomic E-state index is 0.154. The van der Waals surface area contributed by atoms with Crippen LogP contribution in [0.3, 0.4) is 0 Å². The molecule has 0 unspecified atom stereocenters. The Morgan fingerprint density at radius 3 is 1.65 bits per heavy atom. The van der Waals surface area contributed by atoms with E-state index in [2.05, 4.69) is 11.8 Å². The minimum atomic E-state index is 0.154. The number of amides is 2. The predicted octanol–water partition coefficient (Wildman–Crippen LogP) is 3.06. The van der Waals surface area contributed by atoms with E-state index in [1.807, 2.05) is 4.90 Å². The van der Waals surface area contributed by atoms with Crippen LogP contribution in [-0.4, -0.2) is 47.8 Å². The fourth-order valence-electron chi connectivity index (χ4n) is 4.60. The molecule has 4 nitrogen and oxygen atoms in total. The average Bonchev–Trinajstić information content (AvgIpc) is 3.15. The van der Waals surface area contributed by atoms with E-state index in [4.69, 9.17) is 0 Å². The van der Waals surface area contributed by atoms with Crippen molar-refractivity contribution in [3.05, 3.63) is 0 Å². The van der Waals surface area contributed by atoms with Crippen molar-refractivity contribution in [2.24, 2.45) is 17.8 Å². The summed E-state index contributed by atoms with van der Waals surface area (Å²) in [5.74, 6) is 1.95. The fourth-order valence-corrected chi connectivity index (χ4v) is 4.60. The Kier molecular flexibility index (Phi) is 5.60. The molecule has 2 amide bonds. The van der Waals surface area contributed by atoms with Crippen LogP contribution in [-0.2, 0) is 9.59 Å². The molecule has 2 saturated heterocycles. The molecule has 3 rings (SSSR count). The third kappa shape index (κ3) is 3.89. The van der Waals surface area contributed by atoms with E-state index in [1.165, 1.54) is 32.1 Å². The zero-order chi connectivity index (χ0) is 16.2. The summed E-state index contributed by atoms with van der Waals surface area (Å²) < 4.78 is 0. The second-order valence-electron chi connectivity index (χ2n) is 7.76. The van der Waals surface area contributed by atoms with Crippen LogP contribution in [0.5, 0.6) is 0 Å². The molecule has 0 aromatic rings. The van der Waals surface area contributed by atoms with Crippen molar-refractivity contribution in [3.8, 4) is 0 Å². The van der Waals surface area contributed by atoms with E-state index in [1.54, 1.807) is 0 Å². The van der Waals surface area contributed by atoms with E-state index < -0.39 is 0 Å². The maximum atomic E-state index is 12.7. The molecule has 0 aromatic carbocycles. The number of hydrogen-bond acceptors (Lipinski definition) is 2. The van der Waals surface area contributed by atoms with Crippen molar-refractivity contribution in [1.29, 1.82) is 0 Å². The number of rotatable bonds is 3. The van der Waals surface area contributed by atoms with Gasteiger partial charge in [-0.3, -0.25) is 9.59 Å². The van der Waals surface area contributed by atoms with Crippen LogP contribution in [0.2, 0.25) is 0 Å². The molecule has 0 aromatic heterocycles. The first-order chi connectivity index (χ1) is 11.2. The van der Waals surface area contributed by atoms with E-state index in [0.29, 0.717) is 11.8 Å². The first-order valence-corrected chi connectivity index (χ1v) is 9.76. The second kappa shape index (κ2) is 7.67. The molecular weight excluding hydrogens is 288 g/mol. The molecular formula is C19H32N2O2. The highest BCUT2D eigenvalue weighted by Crippen LogP contribution is 2.29. The Labute approximate surface area is 140 Å². The molecule has 0 N–H and O–H groups in total. The number of nitrogens with zero attached hydrogens (tertiary/aromatic N) is 2. The molecule has 130 valence electrons. The van der Waals surface area contributed by atoms with Crippen molar-refractivity contribution < 1.29 is 9.59 Å². The topological polar surface area (TPSA) is 40.6 Å². The number of carbonyl (C=O) groups excluding carboxylic acids is 2. The predicted molar refractivity (Wildman–Crippen MR) is 90.9 cm³/mol. The summed E-state index contributed by atoms with van der Waals surface area (Å²) in [5, 5.41) is 0. The fraction of sp³-hybridized carbons (Fsp3) is 0.895. The van der Waals surface area contributed by atoms with Gasteiger partial charge in [-0.1, -0.05) is 26.2 Å². The quantitative estimate of drug-likeness (QED) is 0.802. The van der Waals surface area contributed by atoms with Crippen LogP contribution >= 0.6 is 0 Å². The molecule has 23 heavy (non-hydrogen) atoms. The van der Waals surface area contributed by atoms with Gasteiger partial charge >= 0.3 is 0 Å². The summed E-state index contributed by atoms with van der Waals surface area (Å²) in [6, 6.07) is 0. The van der Waals surface area contributed by atoms with Crippen LogP contribution in [0, 0.1) is 17.8 Å². The number of piperidine rings is 2. The van der Waals surface area contributed by atoms with Crippen LogP contribution < -0.4 is 0 Å². The van der Waals surface area contributed by atoms with Gasteiger partial charge in [0, 0.05) is 38.0 Å². The molecule has 2 aliphatic heterocycles. The summed E-state index contributed by atoms with van der Waals surface area (Å²) in [5.41, 5.74) is 0. The Bertz CT molecular complexity index is 415. The van der Waals surface area contributed by atoms with Gasteiger partial charge in [0.1, 0.15) is 0 Å². The first-order valence-electron chi connectivity index (χ1n) is 9.76. The first kappa shape index (κ1) is 16.8. The zero-order valence-corrected chi connectivity index (χ0v) is 14.6. The lowest BCUT2D eigenvalue weighted by atomic mass is 9.90. The summed E-state index contributed by atoms with van der Waals surface area (Å²) in [7, 11) is 0. The molecule has 2 heterocycles. The Morgan fingerprint density at radius 1 is 0.739 bits per heavy atom. The van der Waals surface area contributed by atoms with E-state index in [0.717, 1.165) is 57.8 Å². The van der Waals surface area contributed by atoms with Gasteiger partial charge in [-0.25, -0.2) is 0 Å². The Hall–Kier alpha value is -1.06. The third-order valence-electron chi connectivity index (χ3n) is 6.36. The maximum Gasteiger partial charge on any atom is 0.225 e. The minimum Gasteiger partial charge on any atom is -0.342 e. The Morgan fingerprint density at radius 2 is 1.17 bits per heavy atom. The molecule has 0 spiro atoms. The van der Waals surface area contributed by atoms with Crippen LogP contribution in [0.1, 0.15) is 64.7 Å². The average molecular weight is 320 g/mol. The maximum absolute atomic E-state index is 12.7. The molecule has 0 bridgehead atoms. The van der Waals surface area contributed by atoms with Gasteiger partial charge in [0.2, 0.25) is 11.8 Å². The van der Waals surface area contributed by atoms with Crippen LogP contribution in [0.25, 0.3) is 0 Å². The molecule has 1 aliphatic carbocycles. The lowest BCUT2D eigenvalue weighted by Crippen LogP contribution is -2.47. The molecule has 0 radical (unpaired) electrons. The monoisotopic (exact) mass is 320 g/mol. The van der Waals surface area contributed by atoms with E-state index in [9.17, 15) is 9.59 Å². The van der Waals surface area contributed by atoms with E-state index in [-0.39, 0.29) is 11.8 Å². The lowest BCUT2D eigenvalue weighted by molar-refractivity contribution is -0.143. The molecule has 4 heteroatoms. The Balaban J connectivity index is 1.45. The smallest absolute Gasteiger partial charge is 0.225 e. The largest absolute Gasteiger partial charge is 0.342 e. The molecule has 3 aliphatic rings. The van der Waals surface area contributed by atoms with Gasteiger partial charge in [0.15, 0.2) is 0 Å². The highest BCUT2D eigenvalue weighted by atomic mass is 16.2. The lowest BCUT2D eigenvalue weighted by Gasteiger charge is -2.37. The third-order valence-corrected chi connectivity index (χ3v) is 6.36. The van der Waals surface area contributed by atoms with E-state index >= 15 is 0 Å². The second-order valence-corrected chi connectivity index (χ2v) is 7.76. The molecule has 3 fully saturated rings. The number of hydrogen-bond donors (Lipinski definition) is 0. The van der Waals surface area contributed by atoms with Gasteiger partial charge in [-0.05, 0) is 44.4 Å². The summed E-state index contributed by atoms with van der Waals surface area (Å²) >= 11 is 0. The SMILES string of the molecule is CCC1CCN(C(=O)C2CCN(C(=O)C3CCCC3)CC2)CC1. The zero-order valence-electron chi connectivity index (χ0n) is 14.6. The summed E-state index contributed by atoms with van der Waals surface area (Å²) in [6.07, 6.45) is 9.87. The van der Waals surface area contributed by atoms with Gasteiger partial charge in [-0.2, -0.15) is 0 Å². The van der Waals surface area contributed by atoms with Gasteiger partial charge in [0.25, 0.3) is 0 Å². The number of likely N-dealkylation sites (tertiary alicyclic amines) is 2. The standard InChI is InChI=1S/C19H32N2O2/c1-2-15-7-11-20(12-8-15)19(23)17-9-13-21(14-10-17)18(22)16-5-3-4-6-16/h15-17H,2-14H2,1H3. The van der Waals surface area contributed by atoms with Crippen molar-refractivity contribution in [1.82, 2.24) is 9.80 Å². The summed E-state index contributed by atoms with van der Waals surface area (Å²) in [4.78, 5) is 29.3. The van der Waals surface area contributed by atoms with Crippen molar-refractivity contribution in [3.63, 3.8) is 0 Å². The highest BCUT2D eigenvalue weighted by molar-refractivity contribution is 5.81. The van der Waals surface area contributed by atoms with Crippen LogP contribution in [0.15, 0.2) is 0 Å². The van der Waals surface area contributed by atoms with Gasteiger partial charge in [0.05, 0.1) is 0 Å². The van der Waals surface area contributed by atoms with Crippen LogP contribution in [0.4, 0.5) is 0 Å². The highest BCUT2D eigenvalue weighted by Gasteiger charge is 2.34. The summed E-state index contributed by atoms with van der Waals surface area (Å²) in [6.45, 7) is 5.71. The van der Waals surface area contributed by atoms with Crippen molar-refractivity contribution in [2.75, 3.05) is 26.2 Å². The van der Waals surface area contributed by atoms with Crippen molar-refractivity contribution >= 4 is 11.8 Å². The van der Waals surface area contributed by atoms with Crippen molar-refractivity contribution in [2.45, 2.75) is 64.7 Å². The normalized spacial score (nSPS) is 25.1. The molecule has 0 atom stereocenters.